The molecule has 0 bridgehead atoms. The van der Waals surface area contributed by atoms with Crippen molar-refractivity contribution in [3.63, 3.8) is 0 Å². The summed E-state index contributed by atoms with van der Waals surface area (Å²) in [6, 6.07) is 0.768. The Labute approximate surface area is 71.2 Å². The highest BCUT2D eigenvalue weighted by Gasteiger charge is 2.15. The van der Waals surface area contributed by atoms with Crippen molar-refractivity contribution >= 4 is 17.4 Å². The minimum Gasteiger partial charge on any atom is -0.383 e. The Morgan fingerprint density at radius 3 is 2.58 bits per heavy atom. The molecule has 1 aromatic rings. The number of nitrogens with two attached hydrogens (primary N) is 1. The molecule has 1 aromatic heterocycles. The number of hydrogen-bond donors (Lipinski definition) is 1. The van der Waals surface area contributed by atoms with Gasteiger partial charge in [-0.15, -0.1) is 0 Å². The smallest absolute Gasteiger partial charge is 0.267 e. The maximum Gasteiger partial charge on any atom is 0.267 e. The standard InChI is InChI=1S/C6H4ClF3N2/c7-3-1-2(4(8)9)6(11)12-5(3)10/h1,4H,(H2,11,12). The highest BCUT2D eigenvalue weighted by molar-refractivity contribution is 6.30. The van der Waals surface area contributed by atoms with Crippen LogP contribution in [-0.2, 0) is 0 Å². The highest BCUT2D eigenvalue weighted by Crippen LogP contribution is 2.27. The molecule has 0 unspecified atom stereocenters. The van der Waals surface area contributed by atoms with Gasteiger partial charge in [0.25, 0.3) is 6.43 Å². The van der Waals surface area contributed by atoms with Gasteiger partial charge in [0, 0.05) is 0 Å². The molecule has 0 aliphatic rings. The molecule has 0 saturated heterocycles. The number of nitrogens with zero attached hydrogens (tertiary/aromatic N) is 1. The maximum atomic E-state index is 12.5. The molecule has 0 saturated carbocycles. The number of alkyl halides is 2. The second-order valence-corrected chi connectivity index (χ2v) is 2.44. The van der Waals surface area contributed by atoms with Crippen molar-refractivity contribution in [2.75, 3.05) is 5.73 Å². The minimum atomic E-state index is -2.80. The molecule has 0 radical (unpaired) electrons. The summed E-state index contributed by atoms with van der Waals surface area (Å²) in [5.41, 5.74) is 4.45. The van der Waals surface area contributed by atoms with Gasteiger partial charge in [0.15, 0.2) is 0 Å². The lowest BCUT2D eigenvalue weighted by Crippen LogP contribution is -2.00. The fraction of sp³-hybridized carbons (Fsp3) is 0.167. The van der Waals surface area contributed by atoms with Crippen LogP contribution in [0.2, 0.25) is 5.02 Å². The van der Waals surface area contributed by atoms with Gasteiger partial charge in [-0.1, -0.05) is 11.6 Å². The summed E-state index contributed by atoms with van der Waals surface area (Å²) in [4.78, 5) is 2.99. The van der Waals surface area contributed by atoms with E-state index in [9.17, 15) is 13.2 Å². The van der Waals surface area contributed by atoms with Gasteiger partial charge in [-0.2, -0.15) is 4.39 Å². The predicted octanol–water partition coefficient (Wildman–Crippen LogP) is 2.39. The number of aromatic nitrogens is 1. The quantitative estimate of drug-likeness (QED) is 0.701. The lowest BCUT2D eigenvalue weighted by molar-refractivity contribution is 0.151. The van der Waals surface area contributed by atoms with Crippen LogP contribution in [0.4, 0.5) is 19.0 Å². The van der Waals surface area contributed by atoms with Crippen molar-refractivity contribution in [3.8, 4) is 0 Å². The van der Waals surface area contributed by atoms with E-state index in [1.54, 1.807) is 0 Å². The van der Waals surface area contributed by atoms with Crippen molar-refractivity contribution < 1.29 is 13.2 Å². The Balaban J connectivity index is 3.23. The van der Waals surface area contributed by atoms with Crippen LogP contribution in [0.5, 0.6) is 0 Å². The average molecular weight is 197 g/mol. The number of nitrogen functional groups attached to an aromatic ring is 1. The molecule has 0 fully saturated rings. The van der Waals surface area contributed by atoms with Crippen molar-refractivity contribution in [2.45, 2.75) is 6.43 Å². The number of halogens is 4. The van der Waals surface area contributed by atoms with E-state index < -0.39 is 28.8 Å². The number of hydrogen-bond acceptors (Lipinski definition) is 2. The van der Waals surface area contributed by atoms with Crippen LogP contribution in [0.25, 0.3) is 0 Å². The van der Waals surface area contributed by atoms with Gasteiger partial charge in [0.2, 0.25) is 5.95 Å². The lowest BCUT2D eigenvalue weighted by Gasteiger charge is -2.03. The predicted molar refractivity (Wildman–Crippen MR) is 38.6 cm³/mol. The molecule has 6 heteroatoms. The van der Waals surface area contributed by atoms with E-state index in [4.69, 9.17) is 17.3 Å². The van der Waals surface area contributed by atoms with Gasteiger partial charge in [0.1, 0.15) is 5.82 Å². The Bertz CT molecular complexity index is 303. The number of anilines is 1. The fourth-order valence-corrected chi connectivity index (χ4v) is 0.828. The Morgan fingerprint density at radius 1 is 1.50 bits per heavy atom. The second-order valence-electron chi connectivity index (χ2n) is 2.04. The molecule has 0 amide bonds. The van der Waals surface area contributed by atoms with E-state index in [1.807, 2.05) is 0 Å². The summed E-state index contributed by atoms with van der Waals surface area (Å²) in [6.07, 6.45) is -2.80. The monoisotopic (exact) mass is 196 g/mol. The minimum absolute atomic E-state index is 0.459. The normalized spacial score (nSPS) is 10.8. The van der Waals surface area contributed by atoms with Crippen LogP contribution in [0, 0.1) is 5.95 Å². The summed E-state index contributed by atoms with van der Waals surface area (Å²) in [6.45, 7) is 0. The first-order chi connectivity index (χ1) is 5.52. The third kappa shape index (κ3) is 1.61. The molecular formula is C6H4ClF3N2. The fourth-order valence-electron chi connectivity index (χ4n) is 0.669. The molecule has 0 aliphatic carbocycles. The largest absolute Gasteiger partial charge is 0.383 e. The zero-order valence-electron chi connectivity index (χ0n) is 5.69. The van der Waals surface area contributed by atoms with Crippen LogP contribution >= 0.6 is 11.6 Å². The molecule has 0 atom stereocenters. The molecule has 2 nitrogen and oxygen atoms in total. The van der Waals surface area contributed by atoms with Crippen LogP contribution < -0.4 is 5.73 Å². The summed E-state index contributed by atoms with van der Waals surface area (Å²) >= 11 is 5.20. The molecule has 0 spiro atoms. The van der Waals surface area contributed by atoms with E-state index >= 15 is 0 Å². The molecule has 0 aromatic carbocycles. The van der Waals surface area contributed by atoms with Crippen LogP contribution in [-0.4, -0.2) is 4.98 Å². The highest BCUT2D eigenvalue weighted by atomic mass is 35.5. The zero-order chi connectivity index (χ0) is 9.30. The third-order valence-electron chi connectivity index (χ3n) is 1.23. The number of pyridine rings is 1. The van der Waals surface area contributed by atoms with Gasteiger partial charge >= 0.3 is 0 Å². The van der Waals surface area contributed by atoms with Crippen molar-refractivity contribution in [1.82, 2.24) is 4.98 Å². The summed E-state index contributed by atoms with van der Waals surface area (Å²) in [5, 5.41) is -0.459. The maximum absolute atomic E-state index is 12.5. The Morgan fingerprint density at radius 2 is 2.08 bits per heavy atom. The average Bonchev–Trinajstić information content (AvgIpc) is 1.96. The van der Waals surface area contributed by atoms with E-state index in [0.717, 1.165) is 6.07 Å². The van der Waals surface area contributed by atoms with Crippen molar-refractivity contribution in [3.05, 3.63) is 22.6 Å². The summed E-state index contributed by atoms with van der Waals surface area (Å²) in [5.74, 6) is -1.58. The first-order valence-electron chi connectivity index (χ1n) is 2.92. The van der Waals surface area contributed by atoms with Gasteiger partial charge in [0.05, 0.1) is 10.6 Å². The van der Waals surface area contributed by atoms with Crippen LogP contribution in [0.3, 0.4) is 0 Å². The van der Waals surface area contributed by atoms with Gasteiger partial charge in [-0.05, 0) is 6.07 Å². The molecule has 66 valence electrons. The Hall–Kier alpha value is -0.970. The molecule has 2 N–H and O–H groups in total. The zero-order valence-corrected chi connectivity index (χ0v) is 6.45. The molecule has 12 heavy (non-hydrogen) atoms. The molecule has 1 heterocycles. The third-order valence-corrected chi connectivity index (χ3v) is 1.49. The van der Waals surface area contributed by atoms with E-state index in [0.29, 0.717) is 0 Å². The number of rotatable bonds is 1. The van der Waals surface area contributed by atoms with E-state index in [2.05, 4.69) is 4.98 Å². The summed E-state index contributed by atoms with van der Waals surface area (Å²) < 4.78 is 36.5. The lowest BCUT2D eigenvalue weighted by atomic mass is 10.2. The first-order valence-corrected chi connectivity index (χ1v) is 3.29. The topological polar surface area (TPSA) is 38.9 Å². The second kappa shape index (κ2) is 3.18. The SMILES string of the molecule is Nc1nc(F)c(Cl)cc1C(F)F. The van der Waals surface area contributed by atoms with E-state index in [1.165, 1.54) is 0 Å². The van der Waals surface area contributed by atoms with Gasteiger partial charge in [-0.3, -0.25) is 0 Å². The molecular weight excluding hydrogens is 193 g/mol. The van der Waals surface area contributed by atoms with Crippen LogP contribution in [0.1, 0.15) is 12.0 Å². The molecule has 1 rings (SSSR count). The van der Waals surface area contributed by atoms with Gasteiger partial charge < -0.3 is 5.73 Å². The molecule has 0 aliphatic heterocycles. The van der Waals surface area contributed by atoms with E-state index in [-0.39, 0.29) is 0 Å². The Kier molecular flexibility index (Phi) is 2.42. The van der Waals surface area contributed by atoms with Gasteiger partial charge in [-0.25, -0.2) is 13.8 Å². The first kappa shape index (κ1) is 9.12. The van der Waals surface area contributed by atoms with Crippen molar-refractivity contribution in [2.24, 2.45) is 0 Å². The van der Waals surface area contributed by atoms with Crippen molar-refractivity contribution in [1.29, 1.82) is 0 Å². The van der Waals surface area contributed by atoms with Crippen LogP contribution in [0.15, 0.2) is 6.07 Å². The summed E-state index contributed by atoms with van der Waals surface area (Å²) in [7, 11) is 0.